The molecule has 1 aliphatic heterocycles. The van der Waals surface area contributed by atoms with Crippen LogP contribution in [0.3, 0.4) is 0 Å². The van der Waals surface area contributed by atoms with Crippen molar-refractivity contribution in [2.24, 2.45) is 0 Å². The summed E-state index contributed by atoms with van der Waals surface area (Å²) < 4.78 is 16.8. The van der Waals surface area contributed by atoms with E-state index in [-0.39, 0.29) is 11.9 Å². The van der Waals surface area contributed by atoms with Gasteiger partial charge in [-0.05, 0) is 82.4 Å². The molecule has 150 valence electrons. The zero-order valence-corrected chi connectivity index (χ0v) is 17.8. The molecule has 5 nitrogen and oxygen atoms in total. The van der Waals surface area contributed by atoms with Crippen LogP contribution >= 0.6 is 15.9 Å². The van der Waals surface area contributed by atoms with Gasteiger partial charge in [0.25, 0.3) is 5.91 Å². The first kappa shape index (κ1) is 18.9. The molecular formula is C23H18BrFN4O. The lowest BCUT2D eigenvalue weighted by Crippen LogP contribution is -2.39. The Morgan fingerprint density at radius 3 is 2.90 bits per heavy atom. The molecule has 5 rings (SSSR count). The Labute approximate surface area is 181 Å². The van der Waals surface area contributed by atoms with Gasteiger partial charge in [0.1, 0.15) is 0 Å². The number of hydrogen-bond acceptors (Lipinski definition) is 3. The molecule has 0 radical (unpaired) electrons. The van der Waals surface area contributed by atoms with Gasteiger partial charge in [-0.2, -0.15) is 9.49 Å². The van der Waals surface area contributed by atoms with Gasteiger partial charge in [0.15, 0.2) is 5.69 Å². The summed E-state index contributed by atoms with van der Waals surface area (Å²) >= 11 is 3.43. The van der Waals surface area contributed by atoms with Gasteiger partial charge in [-0.15, -0.1) is 0 Å². The third-order valence-electron chi connectivity index (χ3n) is 5.66. The van der Waals surface area contributed by atoms with E-state index in [4.69, 9.17) is 0 Å². The number of hydrogen-bond donors (Lipinski definition) is 0. The zero-order valence-electron chi connectivity index (χ0n) is 16.2. The van der Waals surface area contributed by atoms with Crippen molar-refractivity contribution in [3.05, 3.63) is 88.2 Å². The van der Waals surface area contributed by atoms with Gasteiger partial charge in [-0.25, -0.2) is 9.50 Å². The number of benzene rings is 1. The first-order chi connectivity index (χ1) is 14.5. The maximum Gasteiger partial charge on any atom is 0.274 e. The highest BCUT2D eigenvalue weighted by Gasteiger charge is 2.30. The molecule has 1 amide bonds. The standard InChI is InChI=1S/C23H18BrFN4O/c1-14-20-11-16(19-3-2-9-26-22(19)25)5-4-15(20)8-10-28(14)23(30)21-12-18-7-6-17(24)13-29(18)27-21/h2-7,9,11-14H,8,10H2,1H3. The highest BCUT2D eigenvalue weighted by Crippen LogP contribution is 2.34. The molecule has 0 aliphatic carbocycles. The normalized spacial score (nSPS) is 16.0. The van der Waals surface area contributed by atoms with Crippen molar-refractivity contribution in [3.8, 4) is 11.1 Å². The SMILES string of the molecule is CC1c2cc(-c3cccnc3F)ccc2CCN1C(=O)c1cc2ccc(Br)cn2n1. The molecule has 30 heavy (non-hydrogen) atoms. The third-order valence-corrected chi connectivity index (χ3v) is 6.13. The van der Waals surface area contributed by atoms with Crippen molar-refractivity contribution in [1.29, 1.82) is 0 Å². The van der Waals surface area contributed by atoms with E-state index in [1.807, 2.05) is 48.4 Å². The van der Waals surface area contributed by atoms with Crippen molar-refractivity contribution in [3.63, 3.8) is 0 Å². The second-order valence-electron chi connectivity index (χ2n) is 7.43. The Bertz CT molecular complexity index is 1290. The quantitative estimate of drug-likeness (QED) is 0.389. The van der Waals surface area contributed by atoms with E-state index in [2.05, 4.69) is 26.0 Å². The molecule has 1 atom stereocenters. The van der Waals surface area contributed by atoms with Gasteiger partial charge in [-0.3, -0.25) is 4.79 Å². The number of rotatable bonds is 2. The molecule has 0 saturated carbocycles. The summed E-state index contributed by atoms with van der Waals surface area (Å²) in [6.45, 7) is 2.62. The Morgan fingerprint density at radius 2 is 2.07 bits per heavy atom. The summed E-state index contributed by atoms with van der Waals surface area (Å²) in [6.07, 6.45) is 4.02. The van der Waals surface area contributed by atoms with Crippen molar-refractivity contribution in [2.75, 3.05) is 6.54 Å². The van der Waals surface area contributed by atoms with Gasteiger partial charge in [0, 0.05) is 29.0 Å². The molecule has 0 saturated heterocycles. The number of halogens is 2. The number of nitrogens with zero attached hydrogens (tertiary/aromatic N) is 4. The number of carbonyl (C=O) groups excluding carboxylic acids is 1. The molecule has 0 bridgehead atoms. The minimum atomic E-state index is -0.496. The van der Waals surface area contributed by atoms with Crippen LogP contribution in [-0.2, 0) is 6.42 Å². The topological polar surface area (TPSA) is 50.5 Å². The fraction of sp³-hybridized carbons (Fsp3) is 0.174. The second kappa shape index (κ2) is 7.32. The van der Waals surface area contributed by atoms with E-state index >= 15 is 0 Å². The zero-order chi connectivity index (χ0) is 20.8. The van der Waals surface area contributed by atoms with Gasteiger partial charge >= 0.3 is 0 Å². The van der Waals surface area contributed by atoms with E-state index in [9.17, 15) is 9.18 Å². The van der Waals surface area contributed by atoms with Gasteiger partial charge in [0.05, 0.1) is 11.6 Å². The van der Waals surface area contributed by atoms with Crippen LogP contribution in [0.15, 0.2) is 65.4 Å². The molecule has 1 aromatic carbocycles. The van der Waals surface area contributed by atoms with Crippen LogP contribution in [0, 0.1) is 5.95 Å². The summed E-state index contributed by atoms with van der Waals surface area (Å²) in [4.78, 5) is 18.8. The summed E-state index contributed by atoms with van der Waals surface area (Å²) in [7, 11) is 0. The van der Waals surface area contributed by atoms with Crippen molar-refractivity contribution in [1.82, 2.24) is 19.5 Å². The van der Waals surface area contributed by atoms with Crippen LogP contribution < -0.4 is 0 Å². The lowest BCUT2D eigenvalue weighted by molar-refractivity contribution is 0.0671. The molecule has 1 aliphatic rings. The number of pyridine rings is 2. The van der Waals surface area contributed by atoms with Crippen molar-refractivity contribution < 1.29 is 9.18 Å². The largest absolute Gasteiger partial charge is 0.330 e. The van der Waals surface area contributed by atoms with Crippen LogP contribution in [0.4, 0.5) is 4.39 Å². The number of amides is 1. The van der Waals surface area contributed by atoms with E-state index in [0.717, 1.165) is 27.5 Å². The average Bonchev–Trinajstić information content (AvgIpc) is 3.17. The molecule has 4 heterocycles. The van der Waals surface area contributed by atoms with Crippen LogP contribution in [0.2, 0.25) is 0 Å². The number of aromatic nitrogens is 3. The maximum absolute atomic E-state index is 14.2. The van der Waals surface area contributed by atoms with E-state index in [0.29, 0.717) is 17.8 Å². The van der Waals surface area contributed by atoms with E-state index in [1.54, 1.807) is 22.7 Å². The molecule has 0 fully saturated rings. The van der Waals surface area contributed by atoms with Crippen molar-refractivity contribution >= 4 is 27.4 Å². The summed E-state index contributed by atoms with van der Waals surface area (Å²) in [5.74, 6) is -0.601. The van der Waals surface area contributed by atoms with Crippen LogP contribution in [0.5, 0.6) is 0 Å². The van der Waals surface area contributed by atoms with Gasteiger partial charge < -0.3 is 4.90 Å². The molecule has 3 aromatic heterocycles. The van der Waals surface area contributed by atoms with Crippen molar-refractivity contribution in [2.45, 2.75) is 19.4 Å². The molecule has 0 spiro atoms. The Hall–Kier alpha value is -3.06. The van der Waals surface area contributed by atoms with Crippen LogP contribution in [0.1, 0.15) is 34.6 Å². The van der Waals surface area contributed by atoms with Crippen LogP contribution in [-0.4, -0.2) is 31.9 Å². The second-order valence-corrected chi connectivity index (χ2v) is 8.34. The third kappa shape index (κ3) is 3.19. The highest BCUT2D eigenvalue weighted by atomic mass is 79.9. The molecule has 0 N–H and O–H groups in total. The fourth-order valence-corrected chi connectivity index (χ4v) is 4.40. The minimum absolute atomic E-state index is 0.106. The molecular weight excluding hydrogens is 447 g/mol. The lowest BCUT2D eigenvalue weighted by atomic mass is 9.90. The number of carbonyl (C=O) groups is 1. The van der Waals surface area contributed by atoms with E-state index < -0.39 is 5.95 Å². The predicted octanol–water partition coefficient (Wildman–Crippen LogP) is 5.06. The average molecular weight is 465 g/mol. The first-order valence-electron chi connectivity index (χ1n) is 9.71. The molecule has 4 aromatic rings. The summed E-state index contributed by atoms with van der Waals surface area (Å²) in [5.41, 5.74) is 4.71. The summed E-state index contributed by atoms with van der Waals surface area (Å²) in [6, 6.07) is 14.9. The number of fused-ring (bicyclic) bond motifs is 2. The lowest BCUT2D eigenvalue weighted by Gasteiger charge is -2.35. The van der Waals surface area contributed by atoms with Gasteiger partial charge in [0.2, 0.25) is 5.95 Å². The Morgan fingerprint density at radius 1 is 1.20 bits per heavy atom. The Kier molecular flexibility index (Phi) is 4.62. The monoisotopic (exact) mass is 464 g/mol. The van der Waals surface area contributed by atoms with Gasteiger partial charge in [-0.1, -0.05) is 12.1 Å². The molecule has 1 unspecified atom stereocenters. The highest BCUT2D eigenvalue weighted by molar-refractivity contribution is 9.10. The summed E-state index contributed by atoms with van der Waals surface area (Å²) in [5, 5.41) is 4.45. The fourth-order valence-electron chi connectivity index (χ4n) is 4.07. The van der Waals surface area contributed by atoms with E-state index in [1.165, 1.54) is 11.8 Å². The molecule has 7 heteroatoms. The first-order valence-corrected chi connectivity index (χ1v) is 10.5. The minimum Gasteiger partial charge on any atom is -0.330 e. The predicted molar refractivity (Wildman–Crippen MR) is 116 cm³/mol. The van der Waals surface area contributed by atoms with Crippen LogP contribution in [0.25, 0.3) is 16.6 Å². The smallest absolute Gasteiger partial charge is 0.274 e. The Balaban J connectivity index is 1.49. The maximum atomic E-state index is 14.2.